The van der Waals surface area contributed by atoms with Crippen molar-refractivity contribution in [1.29, 1.82) is 0 Å². The van der Waals surface area contributed by atoms with Crippen molar-refractivity contribution < 1.29 is 32.8 Å². The van der Waals surface area contributed by atoms with E-state index in [4.69, 9.17) is 5.11 Å². The van der Waals surface area contributed by atoms with Crippen molar-refractivity contribution in [2.75, 3.05) is 0 Å². The van der Waals surface area contributed by atoms with Crippen molar-refractivity contribution in [3.63, 3.8) is 0 Å². The molecule has 0 amide bonds. The fourth-order valence-electron chi connectivity index (χ4n) is 0.961. The molecule has 1 aromatic rings. The Bertz CT molecular complexity index is 233. The van der Waals surface area contributed by atoms with Crippen LogP contribution in [0.3, 0.4) is 0 Å². The number of benzene rings is 1. The molecule has 0 aliphatic rings. The van der Waals surface area contributed by atoms with Crippen LogP contribution in [0.25, 0.3) is 0 Å². The van der Waals surface area contributed by atoms with E-state index in [9.17, 15) is 0 Å². The topological polar surface area (TPSA) is 20.2 Å². The maximum absolute atomic E-state index is 9.02. The second-order valence-corrected chi connectivity index (χ2v) is 3.80. The molecule has 2 heteroatoms. The molecule has 0 aliphatic heterocycles. The molecule has 0 aliphatic carbocycles. The smallest absolute Gasteiger partial charge is 0.115 e. The van der Waals surface area contributed by atoms with Crippen LogP contribution in [0.1, 0.15) is 26.3 Å². The molecule has 0 fully saturated rings. The predicted octanol–water partition coefficient (Wildman–Crippen LogP) is 2.69. The van der Waals surface area contributed by atoms with E-state index in [1.807, 2.05) is 12.1 Å². The summed E-state index contributed by atoms with van der Waals surface area (Å²) in [7, 11) is 0. The second kappa shape index (κ2) is 4.26. The third-order valence-corrected chi connectivity index (χ3v) is 1.73. The molecule has 0 unspecified atom stereocenters. The Morgan fingerprint density at radius 1 is 1.00 bits per heavy atom. The van der Waals surface area contributed by atoms with Crippen LogP contribution in [0.4, 0.5) is 0 Å². The number of aromatic hydroxyl groups is 1. The van der Waals surface area contributed by atoms with Gasteiger partial charge in [0.05, 0.1) is 0 Å². The molecule has 0 radical (unpaired) electrons. The summed E-state index contributed by atoms with van der Waals surface area (Å²) in [6, 6.07) is 7.35. The zero-order valence-corrected chi connectivity index (χ0v) is 13.5. The van der Waals surface area contributed by atoms with Crippen molar-refractivity contribution in [2.24, 2.45) is 0 Å². The van der Waals surface area contributed by atoms with Crippen LogP contribution in [-0.2, 0) is 33.1 Å². The Kier molecular flexibility index (Phi) is 4.25. The third kappa shape index (κ3) is 3.14. The molecule has 0 saturated heterocycles. The maximum Gasteiger partial charge on any atom is 0.115 e. The van der Waals surface area contributed by atoms with Crippen LogP contribution in [-0.4, -0.2) is 5.11 Å². The summed E-state index contributed by atoms with van der Waals surface area (Å²) in [5.74, 6) is 0.331. The number of hydrogen-bond acceptors (Lipinski definition) is 1. The number of hydrogen-bond donors (Lipinski definition) is 1. The summed E-state index contributed by atoms with van der Waals surface area (Å²) in [6.07, 6.45) is 0. The second-order valence-electron chi connectivity index (χ2n) is 3.80. The fraction of sp³-hybridized carbons (Fsp3) is 0.400. The molecule has 0 atom stereocenters. The zero-order valence-electron chi connectivity index (χ0n) is 7.96. The van der Waals surface area contributed by atoms with E-state index in [-0.39, 0.29) is 33.1 Å². The predicted molar refractivity (Wildman–Crippen MR) is 46.8 cm³/mol. The SMILES string of the molecule is CC(C)(C)c1ccc(O)cc1.[Hg]. The van der Waals surface area contributed by atoms with Gasteiger partial charge in [-0.1, -0.05) is 32.9 Å². The van der Waals surface area contributed by atoms with Crippen molar-refractivity contribution in [1.82, 2.24) is 0 Å². The molecule has 1 rings (SSSR count). The third-order valence-electron chi connectivity index (χ3n) is 1.73. The minimum Gasteiger partial charge on any atom is -0.508 e. The van der Waals surface area contributed by atoms with Gasteiger partial charge in [-0.2, -0.15) is 0 Å². The molecule has 0 aromatic heterocycles. The monoisotopic (exact) mass is 352 g/mol. The van der Waals surface area contributed by atoms with E-state index in [1.165, 1.54) is 5.56 Å². The standard InChI is InChI=1S/C10H14O.Hg/c1-10(2,3)8-4-6-9(11)7-5-8;/h4-7,11H,1-3H3;. The summed E-state index contributed by atoms with van der Waals surface area (Å²) >= 11 is 0. The summed E-state index contributed by atoms with van der Waals surface area (Å²) < 4.78 is 0. The van der Waals surface area contributed by atoms with Crippen molar-refractivity contribution in [3.05, 3.63) is 29.8 Å². The number of rotatable bonds is 0. The molecule has 12 heavy (non-hydrogen) atoms. The van der Waals surface area contributed by atoms with Gasteiger partial charge in [-0.25, -0.2) is 0 Å². The molecule has 1 nitrogen and oxygen atoms in total. The zero-order chi connectivity index (χ0) is 8.48. The first-order valence-corrected chi connectivity index (χ1v) is 3.79. The Labute approximate surface area is 94.3 Å². The molecule has 0 bridgehead atoms. The van der Waals surface area contributed by atoms with E-state index in [0.29, 0.717) is 5.75 Å². The van der Waals surface area contributed by atoms with Gasteiger partial charge >= 0.3 is 0 Å². The average molecular weight is 351 g/mol. The molecular weight excluding hydrogens is 337 g/mol. The van der Waals surface area contributed by atoms with E-state index in [2.05, 4.69) is 20.8 Å². The van der Waals surface area contributed by atoms with Crippen LogP contribution in [0, 0.1) is 0 Å². The minimum absolute atomic E-state index is 0. The van der Waals surface area contributed by atoms with Crippen molar-refractivity contribution in [3.8, 4) is 5.75 Å². The quantitative estimate of drug-likeness (QED) is 0.713. The number of phenolic OH excluding ortho intramolecular Hbond substituents is 1. The number of phenols is 1. The van der Waals surface area contributed by atoms with Gasteiger partial charge in [-0.3, -0.25) is 0 Å². The maximum atomic E-state index is 9.02. The fourth-order valence-corrected chi connectivity index (χ4v) is 0.961. The van der Waals surface area contributed by atoms with Crippen molar-refractivity contribution >= 4 is 0 Å². The largest absolute Gasteiger partial charge is 0.508 e. The molecular formula is C10H14HgO. The van der Waals surface area contributed by atoms with E-state index in [0.717, 1.165) is 0 Å². The summed E-state index contributed by atoms with van der Waals surface area (Å²) in [4.78, 5) is 0. The van der Waals surface area contributed by atoms with Gasteiger partial charge in [0.25, 0.3) is 0 Å². The van der Waals surface area contributed by atoms with E-state index >= 15 is 0 Å². The van der Waals surface area contributed by atoms with Gasteiger partial charge in [-0.15, -0.1) is 0 Å². The average Bonchev–Trinajstić information content (AvgIpc) is 1.86. The minimum atomic E-state index is 0. The first kappa shape index (κ1) is 12.0. The summed E-state index contributed by atoms with van der Waals surface area (Å²) in [5.41, 5.74) is 1.42. The van der Waals surface area contributed by atoms with Gasteiger partial charge in [0.15, 0.2) is 0 Å². The van der Waals surface area contributed by atoms with Crippen LogP contribution < -0.4 is 0 Å². The summed E-state index contributed by atoms with van der Waals surface area (Å²) in [6.45, 7) is 6.46. The van der Waals surface area contributed by atoms with E-state index < -0.39 is 0 Å². The van der Waals surface area contributed by atoms with Gasteiger partial charge in [0.1, 0.15) is 5.75 Å². The molecule has 0 spiro atoms. The van der Waals surface area contributed by atoms with Crippen LogP contribution in [0.5, 0.6) is 5.75 Å². The Morgan fingerprint density at radius 3 is 1.75 bits per heavy atom. The van der Waals surface area contributed by atoms with Gasteiger partial charge in [0.2, 0.25) is 0 Å². The van der Waals surface area contributed by atoms with Crippen molar-refractivity contribution in [2.45, 2.75) is 26.2 Å². The molecule has 1 aromatic carbocycles. The molecule has 0 heterocycles. The van der Waals surface area contributed by atoms with Gasteiger partial charge in [-0.05, 0) is 23.1 Å². The summed E-state index contributed by atoms with van der Waals surface area (Å²) in [5, 5.41) is 9.02. The van der Waals surface area contributed by atoms with Gasteiger partial charge < -0.3 is 5.11 Å². The molecule has 0 saturated carbocycles. The Hall–Kier alpha value is -0.0449. The Balaban J connectivity index is 0.00000121. The first-order chi connectivity index (χ1) is 5.00. The van der Waals surface area contributed by atoms with Crippen LogP contribution >= 0.6 is 0 Å². The molecule has 62 valence electrons. The first-order valence-electron chi connectivity index (χ1n) is 3.79. The van der Waals surface area contributed by atoms with Crippen LogP contribution in [0.15, 0.2) is 24.3 Å². The van der Waals surface area contributed by atoms with E-state index in [1.54, 1.807) is 12.1 Å². The Morgan fingerprint density at radius 2 is 1.42 bits per heavy atom. The van der Waals surface area contributed by atoms with Gasteiger partial charge in [0, 0.05) is 27.7 Å². The van der Waals surface area contributed by atoms with Crippen LogP contribution in [0.2, 0.25) is 0 Å². The normalized spacial score (nSPS) is 10.6. The molecule has 1 N–H and O–H groups in total.